The van der Waals surface area contributed by atoms with Crippen LogP contribution in [0.5, 0.6) is 11.5 Å². The van der Waals surface area contributed by atoms with Gasteiger partial charge in [0, 0.05) is 13.6 Å². The highest BCUT2D eigenvalue weighted by atomic mass is 16.5. The number of ether oxygens (including phenoxy) is 2. The number of likely N-dealkylation sites (N-methyl/N-ethyl adjacent to an activating group) is 1. The van der Waals surface area contributed by atoms with Gasteiger partial charge in [0.05, 0.1) is 13.2 Å². The molecular weight excluding hydrogens is 258 g/mol. The van der Waals surface area contributed by atoms with E-state index >= 15 is 0 Å². The highest BCUT2D eigenvalue weighted by molar-refractivity contribution is 5.77. The fraction of sp³-hybridized carbons (Fsp3) is 0.533. The van der Waals surface area contributed by atoms with Gasteiger partial charge in [0.15, 0.2) is 6.61 Å². The molecule has 0 atom stereocenters. The Bertz CT molecular complexity index is 440. The van der Waals surface area contributed by atoms with Crippen LogP contribution in [-0.2, 0) is 4.79 Å². The van der Waals surface area contributed by atoms with E-state index in [9.17, 15) is 9.90 Å². The van der Waals surface area contributed by atoms with E-state index in [0.717, 1.165) is 18.6 Å². The molecule has 1 saturated carbocycles. The summed E-state index contributed by atoms with van der Waals surface area (Å²) in [5, 5.41) is 9.23. The van der Waals surface area contributed by atoms with Gasteiger partial charge in [0.2, 0.25) is 0 Å². The molecular formula is C15H21NO4. The molecule has 5 heteroatoms. The number of benzene rings is 1. The lowest BCUT2D eigenvalue weighted by Gasteiger charge is -2.34. The van der Waals surface area contributed by atoms with Crippen molar-refractivity contribution >= 4 is 5.91 Å². The van der Waals surface area contributed by atoms with Crippen LogP contribution in [0.25, 0.3) is 0 Å². The van der Waals surface area contributed by atoms with Crippen LogP contribution in [0.1, 0.15) is 12.8 Å². The molecule has 1 aromatic carbocycles. The molecule has 1 fully saturated rings. The Morgan fingerprint density at radius 1 is 1.30 bits per heavy atom. The summed E-state index contributed by atoms with van der Waals surface area (Å²) < 4.78 is 10.5. The highest BCUT2D eigenvalue weighted by Gasteiger charge is 2.29. The van der Waals surface area contributed by atoms with Gasteiger partial charge in [0.25, 0.3) is 5.91 Å². The number of aliphatic hydroxyl groups is 1. The maximum Gasteiger partial charge on any atom is 0.260 e. The third-order valence-corrected chi connectivity index (χ3v) is 3.59. The molecule has 0 aromatic heterocycles. The second kappa shape index (κ2) is 6.61. The van der Waals surface area contributed by atoms with Crippen LogP contribution < -0.4 is 9.47 Å². The van der Waals surface area contributed by atoms with Gasteiger partial charge in [-0.2, -0.15) is 0 Å². The van der Waals surface area contributed by atoms with Crippen LogP contribution in [0.2, 0.25) is 0 Å². The Kier molecular flexibility index (Phi) is 4.84. The van der Waals surface area contributed by atoms with E-state index in [1.807, 2.05) is 0 Å². The van der Waals surface area contributed by atoms with Gasteiger partial charge < -0.3 is 19.5 Å². The molecule has 1 N–H and O–H groups in total. The number of carbonyl (C=O) groups is 1. The lowest BCUT2D eigenvalue weighted by atomic mass is 9.82. The minimum atomic E-state index is -0.181. The Balaban J connectivity index is 1.73. The molecule has 0 spiro atoms. The lowest BCUT2D eigenvalue weighted by Crippen LogP contribution is -2.41. The summed E-state index contributed by atoms with van der Waals surface area (Å²) in [4.78, 5) is 13.6. The van der Waals surface area contributed by atoms with Gasteiger partial charge in [-0.1, -0.05) is 0 Å². The maximum atomic E-state index is 11.9. The summed E-state index contributed by atoms with van der Waals surface area (Å²) in [6.07, 6.45) is 1.40. The van der Waals surface area contributed by atoms with Gasteiger partial charge in [-0.3, -0.25) is 4.79 Å². The Labute approximate surface area is 119 Å². The van der Waals surface area contributed by atoms with E-state index in [2.05, 4.69) is 0 Å². The molecule has 20 heavy (non-hydrogen) atoms. The fourth-order valence-corrected chi connectivity index (χ4v) is 2.27. The molecule has 0 bridgehead atoms. The first kappa shape index (κ1) is 14.7. The van der Waals surface area contributed by atoms with Gasteiger partial charge in [-0.25, -0.2) is 0 Å². The fourth-order valence-electron chi connectivity index (χ4n) is 2.27. The van der Waals surface area contributed by atoms with Crippen molar-refractivity contribution in [3.8, 4) is 11.5 Å². The summed E-state index contributed by atoms with van der Waals surface area (Å²) >= 11 is 0. The predicted octanol–water partition coefficient (Wildman–Crippen LogP) is 1.30. The van der Waals surface area contributed by atoms with Crippen molar-refractivity contribution in [3.63, 3.8) is 0 Å². The first-order chi connectivity index (χ1) is 9.58. The van der Waals surface area contributed by atoms with Crippen molar-refractivity contribution in [2.75, 3.05) is 27.3 Å². The predicted molar refractivity (Wildman–Crippen MR) is 74.9 cm³/mol. The van der Waals surface area contributed by atoms with Crippen LogP contribution in [0, 0.1) is 5.92 Å². The van der Waals surface area contributed by atoms with Crippen molar-refractivity contribution in [3.05, 3.63) is 24.3 Å². The maximum absolute atomic E-state index is 11.9. The normalized spacial score (nSPS) is 20.9. The number of hydrogen-bond donors (Lipinski definition) is 1. The first-order valence-corrected chi connectivity index (χ1v) is 6.77. The van der Waals surface area contributed by atoms with Gasteiger partial charge >= 0.3 is 0 Å². The Hall–Kier alpha value is -1.75. The van der Waals surface area contributed by atoms with Gasteiger partial charge in [-0.05, 0) is 43.0 Å². The van der Waals surface area contributed by atoms with Crippen LogP contribution in [0.3, 0.4) is 0 Å². The van der Waals surface area contributed by atoms with Crippen LogP contribution >= 0.6 is 0 Å². The standard InChI is InChI=1S/C15H21NO4/c1-16(9-11-7-12(17)8-11)15(18)10-20-14-5-3-13(19-2)4-6-14/h3-6,11-12,17H,7-10H2,1-2H3. The zero-order valence-electron chi connectivity index (χ0n) is 11.9. The van der Waals surface area contributed by atoms with Crippen LogP contribution in [0.15, 0.2) is 24.3 Å². The highest BCUT2D eigenvalue weighted by Crippen LogP contribution is 2.27. The number of hydrogen-bond acceptors (Lipinski definition) is 4. The zero-order chi connectivity index (χ0) is 14.5. The minimum Gasteiger partial charge on any atom is -0.497 e. The number of aliphatic hydroxyl groups excluding tert-OH is 1. The van der Waals surface area contributed by atoms with Crippen molar-refractivity contribution in [2.24, 2.45) is 5.92 Å². The molecule has 0 aliphatic heterocycles. The van der Waals surface area contributed by atoms with Gasteiger partial charge in [0.1, 0.15) is 11.5 Å². The van der Waals surface area contributed by atoms with E-state index in [0.29, 0.717) is 18.2 Å². The molecule has 110 valence electrons. The topological polar surface area (TPSA) is 59.0 Å². The third-order valence-electron chi connectivity index (χ3n) is 3.59. The molecule has 2 rings (SSSR count). The number of methoxy groups -OCH3 is 1. The second-order valence-electron chi connectivity index (χ2n) is 5.23. The molecule has 0 unspecified atom stereocenters. The third kappa shape index (κ3) is 3.87. The molecule has 0 saturated heterocycles. The lowest BCUT2D eigenvalue weighted by molar-refractivity contribution is -0.133. The van der Waals surface area contributed by atoms with E-state index in [4.69, 9.17) is 9.47 Å². The summed E-state index contributed by atoms with van der Waals surface area (Å²) in [6.45, 7) is 0.708. The van der Waals surface area contributed by atoms with E-state index in [1.54, 1.807) is 43.3 Å². The first-order valence-electron chi connectivity index (χ1n) is 6.77. The average molecular weight is 279 g/mol. The summed E-state index contributed by atoms with van der Waals surface area (Å²) in [5.74, 6) is 1.76. The van der Waals surface area contributed by atoms with Crippen LogP contribution in [-0.4, -0.2) is 49.3 Å². The van der Waals surface area contributed by atoms with Crippen molar-refractivity contribution in [1.29, 1.82) is 0 Å². The number of amides is 1. The minimum absolute atomic E-state index is 0.0259. The monoisotopic (exact) mass is 279 g/mol. The molecule has 0 heterocycles. The van der Waals surface area contributed by atoms with Crippen molar-refractivity contribution in [1.82, 2.24) is 4.90 Å². The molecule has 1 aliphatic rings. The van der Waals surface area contributed by atoms with E-state index in [1.165, 1.54) is 0 Å². The zero-order valence-corrected chi connectivity index (χ0v) is 11.9. The smallest absolute Gasteiger partial charge is 0.260 e. The molecule has 1 amide bonds. The number of carbonyl (C=O) groups excluding carboxylic acids is 1. The number of rotatable bonds is 6. The SMILES string of the molecule is COc1ccc(OCC(=O)N(C)CC2CC(O)C2)cc1. The largest absolute Gasteiger partial charge is 0.497 e. The molecule has 0 radical (unpaired) electrons. The second-order valence-corrected chi connectivity index (χ2v) is 5.23. The molecule has 1 aliphatic carbocycles. The molecule has 5 nitrogen and oxygen atoms in total. The average Bonchev–Trinajstić information content (AvgIpc) is 2.43. The summed E-state index contributed by atoms with van der Waals surface area (Å²) in [6, 6.07) is 7.13. The Morgan fingerprint density at radius 2 is 1.90 bits per heavy atom. The summed E-state index contributed by atoms with van der Waals surface area (Å²) in [7, 11) is 3.37. The van der Waals surface area contributed by atoms with Crippen molar-refractivity contribution in [2.45, 2.75) is 18.9 Å². The van der Waals surface area contributed by atoms with Crippen molar-refractivity contribution < 1.29 is 19.4 Å². The molecule has 1 aromatic rings. The Morgan fingerprint density at radius 3 is 2.45 bits per heavy atom. The quantitative estimate of drug-likeness (QED) is 0.853. The van der Waals surface area contributed by atoms with Gasteiger partial charge in [-0.15, -0.1) is 0 Å². The number of nitrogens with zero attached hydrogens (tertiary/aromatic N) is 1. The van der Waals surface area contributed by atoms with E-state index < -0.39 is 0 Å². The van der Waals surface area contributed by atoms with E-state index in [-0.39, 0.29) is 18.6 Å². The van der Waals surface area contributed by atoms with Crippen LogP contribution in [0.4, 0.5) is 0 Å². The summed E-state index contributed by atoms with van der Waals surface area (Å²) in [5.41, 5.74) is 0.